The van der Waals surface area contributed by atoms with Crippen LogP contribution in [-0.4, -0.2) is 36.1 Å². The van der Waals surface area contributed by atoms with Crippen molar-refractivity contribution in [3.63, 3.8) is 0 Å². The smallest absolute Gasteiger partial charge is 0.226 e. The summed E-state index contributed by atoms with van der Waals surface area (Å²) < 4.78 is 0. The van der Waals surface area contributed by atoms with Crippen LogP contribution in [0.3, 0.4) is 0 Å². The van der Waals surface area contributed by atoms with Crippen molar-refractivity contribution >= 4 is 11.6 Å². The van der Waals surface area contributed by atoms with E-state index < -0.39 is 0 Å². The van der Waals surface area contributed by atoms with Crippen LogP contribution in [0.2, 0.25) is 0 Å². The highest BCUT2D eigenvalue weighted by atomic mass is 15.3. The number of aromatic nitrogens is 2. The molecular formula is C18H19N5. The summed E-state index contributed by atoms with van der Waals surface area (Å²) in [7, 11) is 0. The highest BCUT2D eigenvalue weighted by molar-refractivity contribution is 5.49. The maximum absolute atomic E-state index is 9.35. The molecule has 1 aliphatic carbocycles. The second-order valence-electron chi connectivity index (χ2n) is 6.07. The Kier molecular flexibility index (Phi) is 3.58. The van der Waals surface area contributed by atoms with Gasteiger partial charge in [0, 0.05) is 37.4 Å². The van der Waals surface area contributed by atoms with Crippen molar-refractivity contribution in [2.45, 2.75) is 19.3 Å². The molecule has 5 nitrogen and oxygen atoms in total. The Balaban J connectivity index is 1.52. The molecule has 0 atom stereocenters. The molecule has 4 rings (SSSR count). The van der Waals surface area contributed by atoms with Crippen LogP contribution < -0.4 is 9.80 Å². The lowest BCUT2D eigenvalue weighted by Gasteiger charge is -2.36. The number of hydrogen-bond donors (Lipinski definition) is 0. The number of nitrogens with zero attached hydrogens (tertiary/aromatic N) is 5. The van der Waals surface area contributed by atoms with E-state index >= 15 is 0 Å². The molecule has 0 bridgehead atoms. The van der Waals surface area contributed by atoms with E-state index in [1.165, 1.54) is 5.69 Å². The van der Waals surface area contributed by atoms with Crippen molar-refractivity contribution in [2.24, 2.45) is 0 Å². The van der Waals surface area contributed by atoms with E-state index in [0.717, 1.165) is 62.6 Å². The Morgan fingerprint density at radius 3 is 2.39 bits per heavy atom. The van der Waals surface area contributed by atoms with Crippen molar-refractivity contribution in [1.29, 1.82) is 5.26 Å². The minimum Gasteiger partial charge on any atom is -0.368 e. The summed E-state index contributed by atoms with van der Waals surface area (Å²) in [5.74, 6) is 0.731. The molecule has 0 amide bonds. The average Bonchev–Trinajstić information content (AvgIpc) is 3.10. The predicted octanol–water partition coefficient (Wildman–Crippen LogP) is 2.16. The maximum Gasteiger partial charge on any atom is 0.226 e. The molecule has 0 unspecified atom stereocenters. The number of rotatable bonds is 2. The van der Waals surface area contributed by atoms with Gasteiger partial charge in [-0.3, -0.25) is 0 Å². The summed E-state index contributed by atoms with van der Waals surface area (Å²) in [6, 6.07) is 12.7. The molecule has 116 valence electrons. The summed E-state index contributed by atoms with van der Waals surface area (Å²) in [4.78, 5) is 13.8. The van der Waals surface area contributed by atoms with E-state index in [0.29, 0.717) is 5.69 Å². The van der Waals surface area contributed by atoms with Crippen LogP contribution in [-0.2, 0) is 12.8 Å². The Bertz CT molecular complexity index is 742. The predicted molar refractivity (Wildman–Crippen MR) is 89.6 cm³/mol. The lowest BCUT2D eigenvalue weighted by atomic mass is 10.2. The van der Waals surface area contributed by atoms with Crippen LogP contribution in [0.5, 0.6) is 0 Å². The van der Waals surface area contributed by atoms with Crippen LogP contribution in [0, 0.1) is 11.3 Å². The molecule has 2 aliphatic rings. The van der Waals surface area contributed by atoms with E-state index in [1.54, 1.807) is 0 Å². The summed E-state index contributed by atoms with van der Waals surface area (Å²) in [5, 5.41) is 9.35. The van der Waals surface area contributed by atoms with Gasteiger partial charge >= 0.3 is 0 Å². The maximum atomic E-state index is 9.35. The lowest BCUT2D eigenvalue weighted by Crippen LogP contribution is -2.47. The molecule has 2 heterocycles. The van der Waals surface area contributed by atoms with Crippen molar-refractivity contribution in [2.75, 3.05) is 36.0 Å². The van der Waals surface area contributed by atoms with E-state index in [-0.39, 0.29) is 0 Å². The fourth-order valence-corrected chi connectivity index (χ4v) is 3.46. The van der Waals surface area contributed by atoms with Gasteiger partial charge in [-0.1, -0.05) is 18.2 Å². The Morgan fingerprint density at radius 1 is 0.913 bits per heavy atom. The summed E-state index contributed by atoms with van der Waals surface area (Å²) in [6.45, 7) is 3.68. The van der Waals surface area contributed by atoms with Gasteiger partial charge in [0.1, 0.15) is 11.8 Å². The number of aryl methyl sites for hydroxylation is 1. The van der Waals surface area contributed by atoms with E-state index in [9.17, 15) is 5.26 Å². The number of hydrogen-bond acceptors (Lipinski definition) is 5. The zero-order valence-corrected chi connectivity index (χ0v) is 13.1. The molecule has 2 aromatic rings. The Labute approximate surface area is 136 Å². The minimum absolute atomic E-state index is 0.577. The van der Waals surface area contributed by atoms with Crippen molar-refractivity contribution in [1.82, 2.24) is 9.97 Å². The second-order valence-corrected chi connectivity index (χ2v) is 6.07. The van der Waals surface area contributed by atoms with Gasteiger partial charge in [0.05, 0.1) is 5.69 Å². The van der Waals surface area contributed by atoms with Crippen LogP contribution in [0.4, 0.5) is 11.6 Å². The van der Waals surface area contributed by atoms with Crippen molar-refractivity contribution in [3.8, 4) is 6.07 Å². The van der Waals surface area contributed by atoms with Gasteiger partial charge in [-0.05, 0) is 31.4 Å². The molecule has 23 heavy (non-hydrogen) atoms. The number of anilines is 2. The van der Waals surface area contributed by atoms with Crippen LogP contribution in [0.1, 0.15) is 23.4 Å². The fourth-order valence-electron chi connectivity index (χ4n) is 3.46. The summed E-state index contributed by atoms with van der Waals surface area (Å²) in [6.07, 6.45) is 3.01. The van der Waals surface area contributed by atoms with Gasteiger partial charge in [0.2, 0.25) is 5.95 Å². The highest BCUT2D eigenvalue weighted by Crippen LogP contribution is 2.25. The first kappa shape index (κ1) is 14.0. The number of benzene rings is 1. The van der Waals surface area contributed by atoms with Gasteiger partial charge in [0.15, 0.2) is 0 Å². The number of nitriles is 1. The van der Waals surface area contributed by atoms with Gasteiger partial charge in [-0.25, -0.2) is 9.97 Å². The fraction of sp³-hybridized carbons (Fsp3) is 0.389. The van der Waals surface area contributed by atoms with Gasteiger partial charge in [0.25, 0.3) is 0 Å². The zero-order chi connectivity index (χ0) is 15.6. The first-order valence-corrected chi connectivity index (χ1v) is 8.20. The summed E-state index contributed by atoms with van der Waals surface area (Å²) >= 11 is 0. The molecule has 1 aromatic heterocycles. The molecule has 0 radical (unpaired) electrons. The minimum atomic E-state index is 0.577. The highest BCUT2D eigenvalue weighted by Gasteiger charge is 2.24. The monoisotopic (exact) mass is 305 g/mol. The molecule has 1 aliphatic heterocycles. The third kappa shape index (κ3) is 2.61. The van der Waals surface area contributed by atoms with E-state index in [4.69, 9.17) is 4.98 Å². The molecule has 1 saturated heterocycles. The SMILES string of the molecule is N#Cc1nc(N2CCN(c3ccccc3)CC2)nc2c1CCC2. The normalized spacial score (nSPS) is 17.0. The molecule has 1 fully saturated rings. The quantitative estimate of drug-likeness (QED) is 0.851. The topological polar surface area (TPSA) is 56.1 Å². The lowest BCUT2D eigenvalue weighted by molar-refractivity contribution is 0.638. The van der Waals surface area contributed by atoms with Gasteiger partial charge in [-0.2, -0.15) is 5.26 Å². The van der Waals surface area contributed by atoms with Crippen LogP contribution in [0.25, 0.3) is 0 Å². The summed E-state index contributed by atoms with van der Waals surface area (Å²) in [5.41, 5.74) is 3.99. The second kappa shape index (κ2) is 5.88. The molecular weight excluding hydrogens is 286 g/mol. The van der Waals surface area contributed by atoms with Crippen molar-refractivity contribution in [3.05, 3.63) is 47.3 Å². The average molecular weight is 305 g/mol. The van der Waals surface area contributed by atoms with E-state index in [2.05, 4.69) is 45.1 Å². The first-order chi connectivity index (χ1) is 11.3. The van der Waals surface area contributed by atoms with Gasteiger partial charge in [-0.15, -0.1) is 0 Å². The molecule has 0 spiro atoms. The van der Waals surface area contributed by atoms with E-state index in [1.807, 2.05) is 6.07 Å². The number of piperazine rings is 1. The molecule has 5 heteroatoms. The third-order valence-electron chi connectivity index (χ3n) is 4.71. The molecule has 1 aromatic carbocycles. The zero-order valence-electron chi connectivity index (χ0n) is 13.1. The first-order valence-electron chi connectivity index (χ1n) is 8.20. The molecule has 0 N–H and O–H groups in total. The van der Waals surface area contributed by atoms with Crippen molar-refractivity contribution < 1.29 is 0 Å². The van der Waals surface area contributed by atoms with Crippen LogP contribution in [0.15, 0.2) is 30.3 Å². The van der Waals surface area contributed by atoms with Gasteiger partial charge < -0.3 is 9.80 Å². The van der Waals surface area contributed by atoms with Crippen LogP contribution >= 0.6 is 0 Å². The third-order valence-corrected chi connectivity index (χ3v) is 4.71. The largest absolute Gasteiger partial charge is 0.368 e. The Morgan fingerprint density at radius 2 is 1.65 bits per heavy atom. The standard InChI is InChI=1S/C18H19N5/c19-13-17-15-7-4-8-16(15)20-18(21-17)23-11-9-22(10-12-23)14-5-2-1-3-6-14/h1-3,5-6H,4,7-12H2. The number of fused-ring (bicyclic) bond motifs is 1. The number of para-hydroxylation sites is 1. The Hall–Kier alpha value is -2.61. The molecule has 0 saturated carbocycles.